The summed E-state index contributed by atoms with van der Waals surface area (Å²) in [5, 5.41) is 15.2. The Morgan fingerprint density at radius 1 is 1.33 bits per heavy atom. The highest BCUT2D eigenvalue weighted by Crippen LogP contribution is 2.51. The zero-order valence-electron chi connectivity index (χ0n) is 13.2. The van der Waals surface area contributed by atoms with Gasteiger partial charge in [0.1, 0.15) is 11.1 Å². The van der Waals surface area contributed by atoms with Crippen molar-refractivity contribution in [1.29, 1.82) is 0 Å². The number of rotatable bonds is 2. The maximum atomic E-state index is 12.4. The van der Waals surface area contributed by atoms with E-state index in [0.29, 0.717) is 17.4 Å². The van der Waals surface area contributed by atoms with Gasteiger partial charge in [-0.15, -0.1) is 11.8 Å². The van der Waals surface area contributed by atoms with E-state index in [4.69, 9.17) is 5.11 Å². The van der Waals surface area contributed by atoms with Gasteiger partial charge in [-0.3, -0.25) is 14.4 Å². The molecule has 0 aromatic carbocycles. The van der Waals surface area contributed by atoms with Crippen molar-refractivity contribution in [3.8, 4) is 0 Å². The topological polar surface area (TPSA) is 75.4 Å². The van der Waals surface area contributed by atoms with Crippen LogP contribution >= 0.6 is 11.8 Å². The molecular weight excluding hydrogens is 326 g/mol. The van der Waals surface area contributed by atoms with Crippen LogP contribution in [0.4, 0.5) is 0 Å². The lowest BCUT2D eigenvalue weighted by atomic mass is 9.69. The maximum absolute atomic E-state index is 12.4. The summed E-state index contributed by atoms with van der Waals surface area (Å²) in [4.78, 5) is 24.9. The Labute approximate surface area is 143 Å². The molecule has 1 saturated carbocycles. The molecule has 2 fully saturated rings. The van der Waals surface area contributed by atoms with Gasteiger partial charge in [0.25, 0.3) is 5.91 Å². The van der Waals surface area contributed by atoms with Gasteiger partial charge in [-0.1, -0.05) is 0 Å². The lowest BCUT2D eigenvalue weighted by Crippen LogP contribution is -2.51. The molecule has 1 aromatic rings. The van der Waals surface area contributed by atoms with Gasteiger partial charge in [0, 0.05) is 29.6 Å². The van der Waals surface area contributed by atoms with Crippen molar-refractivity contribution < 1.29 is 14.7 Å². The first kappa shape index (κ1) is 14.3. The fraction of sp³-hybridized carbons (Fsp3) is 0.471. The van der Waals surface area contributed by atoms with Crippen molar-refractivity contribution in [2.24, 2.45) is 7.05 Å². The summed E-state index contributed by atoms with van der Waals surface area (Å²) < 4.78 is 1.99. The summed E-state index contributed by atoms with van der Waals surface area (Å²) in [7, 11) is 1.99. The average molecular weight is 343 g/mol. The van der Waals surface area contributed by atoms with Crippen LogP contribution in [0.1, 0.15) is 54.5 Å². The minimum atomic E-state index is -1.05. The predicted molar refractivity (Wildman–Crippen MR) is 89.1 cm³/mol. The highest BCUT2D eigenvalue weighted by Gasteiger charge is 2.50. The molecule has 1 atom stereocenters. The van der Waals surface area contributed by atoms with Crippen LogP contribution in [0.25, 0.3) is 6.08 Å². The van der Waals surface area contributed by atoms with Crippen LogP contribution in [0.3, 0.4) is 0 Å². The number of hydrogen-bond donors (Lipinski definition) is 1. The Bertz CT molecular complexity index is 846. The van der Waals surface area contributed by atoms with E-state index in [0.717, 1.165) is 5.69 Å². The van der Waals surface area contributed by atoms with Crippen molar-refractivity contribution >= 4 is 29.7 Å². The van der Waals surface area contributed by atoms with Crippen LogP contribution in [0.5, 0.6) is 0 Å². The molecule has 5 aliphatic rings. The zero-order chi connectivity index (χ0) is 16.6. The first-order valence-corrected chi connectivity index (χ1v) is 9.21. The minimum absolute atomic E-state index is 0.0780. The van der Waals surface area contributed by atoms with E-state index in [-0.39, 0.29) is 17.0 Å². The third kappa shape index (κ3) is 1.70. The molecule has 2 bridgehead atoms. The second kappa shape index (κ2) is 4.75. The number of aryl methyl sites for hydroxylation is 1. The van der Waals surface area contributed by atoms with Crippen LogP contribution in [-0.4, -0.2) is 37.0 Å². The number of thioether (sulfide) groups is 1. The number of aromatic nitrogens is 2. The number of carboxylic acid groups (broad SMARTS) is 1. The number of carbonyl (C=O) groups is 2. The molecule has 1 amide bonds. The van der Waals surface area contributed by atoms with Crippen molar-refractivity contribution in [2.75, 3.05) is 0 Å². The molecule has 7 heteroatoms. The van der Waals surface area contributed by atoms with Gasteiger partial charge in [0.15, 0.2) is 0 Å². The van der Waals surface area contributed by atoms with Crippen molar-refractivity contribution in [3.05, 3.63) is 33.6 Å². The lowest BCUT2D eigenvalue weighted by Gasteiger charge is -2.38. The van der Waals surface area contributed by atoms with Crippen molar-refractivity contribution in [2.45, 2.75) is 42.9 Å². The van der Waals surface area contributed by atoms with Crippen LogP contribution in [0.2, 0.25) is 0 Å². The lowest BCUT2D eigenvalue weighted by molar-refractivity contribution is -0.141. The van der Waals surface area contributed by atoms with Gasteiger partial charge in [-0.05, 0) is 37.7 Å². The van der Waals surface area contributed by atoms with Crippen LogP contribution in [-0.2, 0) is 16.6 Å². The fourth-order valence-electron chi connectivity index (χ4n) is 4.65. The van der Waals surface area contributed by atoms with E-state index in [9.17, 15) is 9.59 Å². The minimum Gasteiger partial charge on any atom is -0.477 e. The standard InChI is InChI=1S/C17H17N3O3S/c1-19-14-9-4-2-8(3-5-9)13(14)11(18-19)6-10-15(21)20-12(17(22)23)7-24-16(10)20/h6-9,16H,2-5H2,1H3,(H,22,23)/b10-6-/t8?,9?,16-/m1/s1. The van der Waals surface area contributed by atoms with E-state index in [1.807, 2.05) is 17.8 Å². The van der Waals surface area contributed by atoms with E-state index >= 15 is 0 Å². The Kier molecular flexibility index (Phi) is 2.84. The molecule has 3 aliphatic carbocycles. The van der Waals surface area contributed by atoms with Gasteiger partial charge in [-0.2, -0.15) is 5.10 Å². The fourth-order valence-corrected chi connectivity index (χ4v) is 5.77. The van der Waals surface area contributed by atoms with Gasteiger partial charge in [0.05, 0.1) is 11.3 Å². The van der Waals surface area contributed by atoms with Gasteiger partial charge in [0.2, 0.25) is 0 Å². The molecule has 0 spiro atoms. The van der Waals surface area contributed by atoms with Crippen LogP contribution in [0, 0.1) is 0 Å². The normalized spacial score (nSPS) is 31.8. The number of carbonyl (C=O) groups excluding carboxylic acids is 1. The third-order valence-electron chi connectivity index (χ3n) is 5.73. The average Bonchev–Trinajstić information content (AvgIpc) is 3.14. The Balaban J connectivity index is 1.53. The smallest absolute Gasteiger partial charge is 0.353 e. The summed E-state index contributed by atoms with van der Waals surface area (Å²) in [5.74, 6) is -0.103. The summed E-state index contributed by atoms with van der Waals surface area (Å²) in [6, 6.07) is 0. The first-order valence-electron chi connectivity index (χ1n) is 8.27. The quantitative estimate of drug-likeness (QED) is 0.659. The number of carboxylic acids is 1. The first-order chi connectivity index (χ1) is 11.6. The van der Waals surface area contributed by atoms with Crippen molar-refractivity contribution in [1.82, 2.24) is 14.7 Å². The highest BCUT2D eigenvalue weighted by molar-refractivity contribution is 8.03. The zero-order valence-corrected chi connectivity index (χ0v) is 14.0. The van der Waals surface area contributed by atoms with Gasteiger partial charge < -0.3 is 5.11 Å². The number of aliphatic carboxylic acids is 1. The number of fused-ring (bicyclic) bond motifs is 3. The molecule has 24 heavy (non-hydrogen) atoms. The maximum Gasteiger partial charge on any atom is 0.353 e. The number of β-lactam (4-membered cyclic amide) rings is 1. The highest BCUT2D eigenvalue weighted by atomic mass is 32.2. The SMILES string of the molecule is Cn1nc(/C=C2/C(=O)N3C(C(=O)O)=CS[C@H]23)c2c1C1CCC2CC1. The molecule has 6 nitrogen and oxygen atoms in total. The number of nitrogens with zero attached hydrogens (tertiary/aromatic N) is 3. The second-order valence-corrected chi connectivity index (χ2v) is 7.88. The monoisotopic (exact) mass is 343 g/mol. The Morgan fingerprint density at radius 3 is 2.75 bits per heavy atom. The van der Waals surface area contributed by atoms with E-state index in [1.165, 1.54) is 53.6 Å². The summed E-state index contributed by atoms with van der Waals surface area (Å²) in [5.41, 5.74) is 4.32. The summed E-state index contributed by atoms with van der Waals surface area (Å²) in [6.07, 6.45) is 6.80. The molecule has 0 unspecified atom stereocenters. The molecule has 2 aliphatic heterocycles. The summed E-state index contributed by atoms with van der Waals surface area (Å²) >= 11 is 1.38. The molecule has 6 rings (SSSR count). The molecule has 0 radical (unpaired) electrons. The van der Waals surface area contributed by atoms with Crippen molar-refractivity contribution in [3.63, 3.8) is 0 Å². The van der Waals surface area contributed by atoms with Crippen LogP contribution in [0.15, 0.2) is 16.7 Å². The molecule has 1 aromatic heterocycles. The Morgan fingerprint density at radius 2 is 2.04 bits per heavy atom. The third-order valence-corrected chi connectivity index (χ3v) is 6.81. The van der Waals surface area contributed by atoms with Crippen LogP contribution < -0.4 is 0 Å². The summed E-state index contributed by atoms with van der Waals surface area (Å²) in [6.45, 7) is 0. The number of hydrogen-bond acceptors (Lipinski definition) is 4. The predicted octanol–water partition coefficient (Wildman–Crippen LogP) is 2.40. The Hall–Kier alpha value is -2.02. The number of amides is 1. The van der Waals surface area contributed by atoms with E-state index in [2.05, 4.69) is 5.10 Å². The molecule has 1 saturated heterocycles. The molecule has 1 N–H and O–H groups in total. The van der Waals surface area contributed by atoms with Gasteiger partial charge >= 0.3 is 5.97 Å². The largest absolute Gasteiger partial charge is 0.477 e. The van der Waals surface area contributed by atoms with Gasteiger partial charge in [-0.25, -0.2) is 4.79 Å². The van der Waals surface area contributed by atoms with E-state index < -0.39 is 5.97 Å². The molecule has 124 valence electrons. The van der Waals surface area contributed by atoms with E-state index in [1.54, 1.807) is 5.41 Å². The second-order valence-electron chi connectivity index (χ2n) is 6.93. The molecule has 3 heterocycles. The molecular formula is C17H17N3O3S.